The highest BCUT2D eigenvalue weighted by atomic mass is 16.5. The highest BCUT2D eigenvalue weighted by Crippen LogP contribution is 2.44. The Hall–Kier alpha value is -4.07. The molecule has 1 fully saturated rings. The molecule has 5 rings (SSSR count). The lowest BCUT2D eigenvalue weighted by atomic mass is 9.94. The summed E-state index contributed by atoms with van der Waals surface area (Å²) in [6.45, 7) is 1.10. The molecule has 1 aliphatic carbocycles. The zero-order valence-corrected chi connectivity index (χ0v) is 18.4. The monoisotopic (exact) mass is 460 g/mol. The van der Waals surface area contributed by atoms with E-state index in [4.69, 9.17) is 14.3 Å². The van der Waals surface area contributed by atoms with E-state index < -0.39 is 12.1 Å². The van der Waals surface area contributed by atoms with E-state index in [1.54, 1.807) is 4.90 Å². The summed E-state index contributed by atoms with van der Waals surface area (Å²) >= 11 is 0. The quantitative estimate of drug-likeness (QED) is 0.534. The van der Waals surface area contributed by atoms with Crippen LogP contribution in [0, 0.1) is 5.92 Å². The maximum atomic E-state index is 12.7. The largest absolute Gasteiger partial charge is 0.481 e. The van der Waals surface area contributed by atoms with Crippen molar-refractivity contribution in [3.05, 3.63) is 77.7 Å². The van der Waals surface area contributed by atoms with Crippen LogP contribution in [0.3, 0.4) is 0 Å². The zero-order chi connectivity index (χ0) is 23.7. The Morgan fingerprint density at radius 1 is 1.00 bits per heavy atom. The number of carboxylic acid groups (broad SMARTS) is 1. The smallest absolute Gasteiger partial charge is 0.411 e. The molecule has 0 unspecified atom stereocenters. The van der Waals surface area contributed by atoms with Gasteiger partial charge in [0.25, 0.3) is 5.91 Å². The topological polar surface area (TPSA) is 109 Å². The highest BCUT2D eigenvalue weighted by molar-refractivity contribution is 6.00. The molecule has 2 aromatic carbocycles. The fourth-order valence-electron chi connectivity index (χ4n) is 4.71. The van der Waals surface area contributed by atoms with Crippen LogP contribution in [0.15, 0.2) is 65.3 Å². The second kappa shape index (κ2) is 9.05. The van der Waals surface area contributed by atoms with Crippen LogP contribution in [0.4, 0.5) is 10.5 Å². The minimum absolute atomic E-state index is 0.0326. The molecule has 0 atom stereocenters. The van der Waals surface area contributed by atoms with Crippen LogP contribution < -0.4 is 5.32 Å². The van der Waals surface area contributed by atoms with E-state index in [1.165, 1.54) is 12.3 Å². The van der Waals surface area contributed by atoms with Crippen molar-refractivity contribution in [1.82, 2.24) is 4.90 Å². The average molecular weight is 460 g/mol. The van der Waals surface area contributed by atoms with Gasteiger partial charge < -0.3 is 19.2 Å². The number of carbonyl (C=O) groups is 3. The predicted octanol–water partition coefficient (Wildman–Crippen LogP) is 4.58. The Morgan fingerprint density at radius 3 is 2.29 bits per heavy atom. The van der Waals surface area contributed by atoms with Crippen molar-refractivity contribution < 1.29 is 28.6 Å². The molecule has 3 aromatic rings. The molecule has 1 aromatic heterocycles. The third-order valence-electron chi connectivity index (χ3n) is 6.45. The first-order chi connectivity index (χ1) is 16.5. The third kappa shape index (κ3) is 4.14. The Labute approximate surface area is 196 Å². The normalized spacial score (nSPS) is 14.8. The highest BCUT2D eigenvalue weighted by Gasteiger charge is 2.34. The van der Waals surface area contributed by atoms with Gasteiger partial charge in [-0.25, -0.2) is 4.79 Å². The van der Waals surface area contributed by atoms with Crippen molar-refractivity contribution in [2.24, 2.45) is 5.92 Å². The van der Waals surface area contributed by atoms with Gasteiger partial charge in [0.1, 0.15) is 6.61 Å². The van der Waals surface area contributed by atoms with Crippen molar-refractivity contribution in [1.29, 1.82) is 0 Å². The molecule has 174 valence electrons. The number of carbonyl (C=O) groups excluding carboxylic acids is 2. The number of carboxylic acids is 1. The number of fused-ring (bicyclic) bond motifs is 3. The minimum atomic E-state index is -0.842. The fourth-order valence-corrected chi connectivity index (χ4v) is 4.71. The number of nitrogens with zero attached hydrogens (tertiary/aromatic N) is 1. The van der Waals surface area contributed by atoms with Gasteiger partial charge in [0.05, 0.1) is 12.0 Å². The molecule has 2 amide bonds. The van der Waals surface area contributed by atoms with Gasteiger partial charge in [-0.2, -0.15) is 0 Å². The van der Waals surface area contributed by atoms with Crippen molar-refractivity contribution in [2.45, 2.75) is 18.8 Å². The number of amides is 2. The molecular formula is C26H24N2O6. The molecule has 0 radical (unpaired) electrons. The van der Waals surface area contributed by atoms with E-state index >= 15 is 0 Å². The first-order valence-corrected chi connectivity index (χ1v) is 11.2. The molecule has 1 saturated heterocycles. The second-order valence-electron chi connectivity index (χ2n) is 8.62. The van der Waals surface area contributed by atoms with E-state index in [1.807, 2.05) is 36.4 Å². The third-order valence-corrected chi connectivity index (χ3v) is 6.45. The van der Waals surface area contributed by atoms with Crippen molar-refractivity contribution in [2.75, 3.05) is 25.0 Å². The fraction of sp³-hybridized carbons (Fsp3) is 0.269. The molecule has 1 aliphatic heterocycles. The SMILES string of the molecule is O=C(O)CCC1CN(C(=O)c2occc2NC(=O)OCC2c3ccccc3-c3ccccc32)C1. The minimum Gasteiger partial charge on any atom is -0.481 e. The number of hydrogen-bond acceptors (Lipinski definition) is 5. The van der Waals surface area contributed by atoms with Crippen molar-refractivity contribution in [3.63, 3.8) is 0 Å². The molecule has 2 N–H and O–H groups in total. The predicted molar refractivity (Wildman–Crippen MR) is 124 cm³/mol. The van der Waals surface area contributed by atoms with Gasteiger partial charge >= 0.3 is 12.1 Å². The van der Waals surface area contributed by atoms with Gasteiger partial charge in [-0.1, -0.05) is 48.5 Å². The van der Waals surface area contributed by atoms with Gasteiger partial charge in [0.15, 0.2) is 0 Å². The molecule has 8 nitrogen and oxygen atoms in total. The maximum Gasteiger partial charge on any atom is 0.411 e. The average Bonchev–Trinajstić information content (AvgIpc) is 3.39. The first kappa shape index (κ1) is 21.8. The number of ether oxygens (including phenoxy) is 1. The summed E-state index contributed by atoms with van der Waals surface area (Å²) in [5.41, 5.74) is 4.77. The summed E-state index contributed by atoms with van der Waals surface area (Å²) in [5, 5.41) is 11.4. The van der Waals surface area contributed by atoms with Crippen LogP contribution >= 0.6 is 0 Å². The summed E-state index contributed by atoms with van der Waals surface area (Å²) in [6.07, 6.45) is 1.29. The Bertz CT molecular complexity index is 1200. The zero-order valence-electron chi connectivity index (χ0n) is 18.4. The number of aliphatic carboxylic acids is 1. The van der Waals surface area contributed by atoms with Crippen LogP contribution in [-0.2, 0) is 9.53 Å². The lowest BCUT2D eigenvalue weighted by Gasteiger charge is -2.38. The lowest BCUT2D eigenvalue weighted by molar-refractivity contribution is -0.137. The second-order valence-corrected chi connectivity index (χ2v) is 8.62. The van der Waals surface area contributed by atoms with Gasteiger partial charge in [-0.15, -0.1) is 0 Å². The van der Waals surface area contributed by atoms with E-state index in [2.05, 4.69) is 17.4 Å². The van der Waals surface area contributed by atoms with Gasteiger partial charge in [-0.3, -0.25) is 14.9 Å². The standard InChI is InChI=1S/C26H24N2O6/c29-23(30)10-9-16-13-28(14-16)25(31)24-22(11-12-33-24)27-26(32)34-15-21-19-7-3-1-5-17(19)18-6-2-4-8-20(18)21/h1-8,11-12,16,21H,9-10,13-15H2,(H,27,32)(H,29,30). The molecular weight excluding hydrogens is 436 g/mol. The Morgan fingerprint density at radius 2 is 1.65 bits per heavy atom. The van der Waals surface area contributed by atoms with Gasteiger partial charge in [0.2, 0.25) is 5.76 Å². The number of likely N-dealkylation sites (tertiary alicyclic amines) is 1. The summed E-state index contributed by atoms with van der Waals surface area (Å²) in [4.78, 5) is 37.6. The lowest BCUT2D eigenvalue weighted by Crippen LogP contribution is -2.50. The number of rotatable bonds is 7. The van der Waals surface area contributed by atoms with E-state index in [0.717, 1.165) is 22.3 Å². The van der Waals surface area contributed by atoms with Crippen molar-refractivity contribution in [3.8, 4) is 11.1 Å². The number of nitrogens with one attached hydrogen (secondary N) is 1. The molecule has 0 saturated carbocycles. The van der Waals surface area contributed by atoms with Crippen LogP contribution in [-0.4, -0.2) is 47.7 Å². The molecule has 8 heteroatoms. The molecule has 2 aliphatic rings. The van der Waals surface area contributed by atoms with Crippen LogP contribution in [0.25, 0.3) is 11.1 Å². The molecule has 2 heterocycles. The van der Waals surface area contributed by atoms with Crippen LogP contribution in [0.2, 0.25) is 0 Å². The van der Waals surface area contributed by atoms with E-state index in [-0.39, 0.29) is 42.2 Å². The number of benzene rings is 2. The summed E-state index contributed by atoms with van der Waals surface area (Å²) in [6, 6.07) is 17.7. The molecule has 0 bridgehead atoms. The van der Waals surface area contributed by atoms with Crippen LogP contribution in [0.1, 0.15) is 40.4 Å². The van der Waals surface area contributed by atoms with E-state index in [0.29, 0.717) is 19.5 Å². The van der Waals surface area contributed by atoms with E-state index in [9.17, 15) is 14.4 Å². The molecule has 34 heavy (non-hydrogen) atoms. The summed E-state index contributed by atoms with van der Waals surface area (Å²) < 4.78 is 10.9. The summed E-state index contributed by atoms with van der Waals surface area (Å²) in [7, 11) is 0. The number of hydrogen-bond donors (Lipinski definition) is 2. The summed E-state index contributed by atoms with van der Waals surface area (Å²) in [5.74, 6) is -1.05. The van der Waals surface area contributed by atoms with Crippen molar-refractivity contribution >= 4 is 23.7 Å². The molecule has 0 spiro atoms. The number of anilines is 1. The number of furan rings is 1. The maximum absolute atomic E-state index is 12.7. The van der Waals surface area contributed by atoms with Gasteiger partial charge in [0, 0.05) is 31.5 Å². The van der Waals surface area contributed by atoms with Gasteiger partial charge in [-0.05, 0) is 34.6 Å². The Balaban J connectivity index is 1.19. The Kier molecular flexibility index (Phi) is 5.79. The van der Waals surface area contributed by atoms with Crippen LogP contribution in [0.5, 0.6) is 0 Å². The first-order valence-electron chi connectivity index (χ1n) is 11.2.